The van der Waals surface area contributed by atoms with E-state index in [1.807, 2.05) is 0 Å². The first-order chi connectivity index (χ1) is 19.4. The van der Waals surface area contributed by atoms with E-state index in [1.54, 1.807) is 78.8 Å². The molecule has 42 heavy (non-hydrogen) atoms. The molecule has 0 spiro atoms. The van der Waals surface area contributed by atoms with Crippen molar-refractivity contribution >= 4 is 36.1 Å². The number of carbonyl (C=O) groups excluding carboxylic acids is 3. The highest BCUT2D eigenvalue weighted by molar-refractivity contribution is 6.09. The van der Waals surface area contributed by atoms with Crippen LogP contribution in [0.2, 0.25) is 0 Å². The number of hydrogen-bond acceptors (Lipinski definition) is 8. The minimum atomic E-state index is -1.25. The highest BCUT2D eigenvalue weighted by Crippen LogP contribution is 2.50. The maximum Gasteiger partial charge on any atom is 0.437 e. The van der Waals surface area contributed by atoms with Gasteiger partial charge in [0.25, 0.3) is 5.91 Å². The molecule has 0 aliphatic carbocycles. The number of carbonyl (C=O) groups is 4. The molecule has 0 aromatic heterocycles. The van der Waals surface area contributed by atoms with E-state index in [0.29, 0.717) is 22.4 Å². The molecular formula is C30H35N3O9. The maximum atomic E-state index is 12.7. The number of carboxylic acids is 1. The van der Waals surface area contributed by atoms with Crippen molar-refractivity contribution < 1.29 is 43.6 Å². The van der Waals surface area contributed by atoms with Crippen molar-refractivity contribution in [1.29, 1.82) is 0 Å². The predicted octanol–water partition coefficient (Wildman–Crippen LogP) is 4.81. The fraction of sp³-hybridized carbons (Fsp3) is 0.367. The van der Waals surface area contributed by atoms with E-state index in [4.69, 9.17) is 14.2 Å². The lowest BCUT2D eigenvalue weighted by molar-refractivity contribution is -0.143. The minimum Gasteiger partial charge on any atom is -0.508 e. The smallest absolute Gasteiger partial charge is 0.437 e. The monoisotopic (exact) mass is 581 g/mol. The zero-order chi connectivity index (χ0) is 31.5. The van der Waals surface area contributed by atoms with E-state index >= 15 is 0 Å². The van der Waals surface area contributed by atoms with Crippen molar-refractivity contribution in [2.75, 3.05) is 0 Å². The topological polar surface area (TPSA) is 173 Å². The van der Waals surface area contributed by atoms with Gasteiger partial charge in [-0.3, -0.25) is 20.2 Å². The lowest BCUT2D eigenvalue weighted by Gasteiger charge is -2.29. The van der Waals surface area contributed by atoms with E-state index in [0.717, 1.165) is 6.08 Å². The summed E-state index contributed by atoms with van der Waals surface area (Å²) in [6, 6.07) is 11.0. The van der Waals surface area contributed by atoms with Gasteiger partial charge in [0.1, 0.15) is 34.2 Å². The van der Waals surface area contributed by atoms with Crippen molar-refractivity contribution in [2.24, 2.45) is 4.99 Å². The molecule has 0 radical (unpaired) electrons. The van der Waals surface area contributed by atoms with Gasteiger partial charge in [0.05, 0.1) is 0 Å². The van der Waals surface area contributed by atoms with Gasteiger partial charge in [0.2, 0.25) is 5.96 Å². The van der Waals surface area contributed by atoms with Gasteiger partial charge >= 0.3 is 18.2 Å². The summed E-state index contributed by atoms with van der Waals surface area (Å²) in [6.45, 7) is 11.5. The van der Waals surface area contributed by atoms with Crippen LogP contribution in [0.25, 0.3) is 6.08 Å². The molecule has 1 aliphatic heterocycles. The van der Waals surface area contributed by atoms with Gasteiger partial charge in [0, 0.05) is 11.6 Å². The highest BCUT2D eigenvalue weighted by Gasteiger charge is 2.50. The fourth-order valence-electron chi connectivity index (χ4n) is 4.15. The van der Waals surface area contributed by atoms with Crippen LogP contribution in [0.4, 0.5) is 9.59 Å². The Labute approximate surface area is 243 Å². The Balaban J connectivity index is 1.82. The summed E-state index contributed by atoms with van der Waals surface area (Å²) in [5.74, 6) is -3.05. The fourth-order valence-corrected chi connectivity index (χ4v) is 4.15. The number of alkyl carbamates (subject to hydrolysis) is 1. The SMILES string of the molecule is CC(C)(C)OC(=O)N=C(NC(=O)C=Cc1ccc2c(c1)C(C(=O)O)C(C)(c1ccc(O)cc1)O2)NC(=O)OC(C)(C)C. The molecule has 1 heterocycles. The number of phenolic OH excluding ortho intramolecular Hbond substituents is 1. The number of aliphatic imine (C=N–C) groups is 1. The second-order valence-electron chi connectivity index (χ2n) is 11.7. The number of fused-ring (bicyclic) bond motifs is 1. The van der Waals surface area contributed by atoms with Crippen LogP contribution in [0.15, 0.2) is 53.5 Å². The summed E-state index contributed by atoms with van der Waals surface area (Å²) in [7, 11) is 0. The summed E-state index contributed by atoms with van der Waals surface area (Å²) in [5, 5.41) is 24.3. The molecule has 2 atom stereocenters. The van der Waals surface area contributed by atoms with Gasteiger partial charge in [-0.1, -0.05) is 18.2 Å². The molecule has 0 fully saturated rings. The van der Waals surface area contributed by atoms with Crippen molar-refractivity contribution in [3.05, 3.63) is 65.2 Å². The van der Waals surface area contributed by atoms with Crippen LogP contribution in [-0.2, 0) is 24.7 Å². The van der Waals surface area contributed by atoms with Crippen LogP contribution >= 0.6 is 0 Å². The first kappa shape index (κ1) is 31.7. The number of aliphatic carboxylic acids is 1. The molecule has 224 valence electrons. The second kappa shape index (κ2) is 11.9. The Kier molecular flexibility index (Phi) is 8.99. The van der Waals surface area contributed by atoms with E-state index < -0.39 is 52.7 Å². The van der Waals surface area contributed by atoms with Crippen molar-refractivity contribution in [3.8, 4) is 11.5 Å². The molecule has 2 aromatic rings. The number of hydrogen-bond donors (Lipinski definition) is 4. The third kappa shape index (κ3) is 8.32. The van der Waals surface area contributed by atoms with Crippen LogP contribution in [0.1, 0.15) is 71.1 Å². The number of phenols is 1. The van der Waals surface area contributed by atoms with Crippen LogP contribution < -0.4 is 15.4 Å². The van der Waals surface area contributed by atoms with Crippen molar-refractivity contribution in [2.45, 2.75) is 71.2 Å². The third-order valence-electron chi connectivity index (χ3n) is 5.79. The summed E-state index contributed by atoms with van der Waals surface area (Å²) in [6.07, 6.45) is 0.536. The Morgan fingerprint density at radius 3 is 2.14 bits per heavy atom. The number of aromatic hydroxyl groups is 1. The molecular weight excluding hydrogens is 546 g/mol. The number of guanidine groups is 1. The Morgan fingerprint density at radius 1 is 0.952 bits per heavy atom. The summed E-state index contributed by atoms with van der Waals surface area (Å²) in [4.78, 5) is 53.2. The molecule has 3 rings (SSSR count). The van der Waals surface area contributed by atoms with Crippen LogP contribution in [-0.4, -0.2) is 51.4 Å². The van der Waals surface area contributed by atoms with Crippen LogP contribution in [0.5, 0.6) is 11.5 Å². The van der Waals surface area contributed by atoms with Gasteiger partial charge in [-0.15, -0.1) is 4.99 Å². The summed E-state index contributed by atoms with van der Waals surface area (Å²) in [5.41, 5.74) is -1.52. The summed E-state index contributed by atoms with van der Waals surface area (Å²) >= 11 is 0. The number of nitrogens with zero attached hydrogens (tertiary/aromatic N) is 1. The van der Waals surface area contributed by atoms with Gasteiger partial charge < -0.3 is 24.4 Å². The van der Waals surface area contributed by atoms with E-state index in [-0.39, 0.29) is 5.75 Å². The lowest BCUT2D eigenvalue weighted by Crippen LogP contribution is -2.46. The number of carboxylic acid groups (broad SMARTS) is 1. The zero-order valence-corrected chi connectivity index (χ0v) is 24.5. The number of benzene rings is 2. The van der Waals surface area contributed by atoms with Gasteiger partial charge in [0.15, 0.2) is 0 Å². The zero-order valence-electron chi connectivity index (χ0n) is 24.5. The molecule has 12 nitrogen and oxygen atoms in total. The maximum absolute atomic E-state index is 12.7. The average Bonchev–Trinajstić information content (AvgIpc) is 3.13. The average molecular weight is 582 g/mol. The first-order valence-corrected chi connectivity index (χ1v) is 13.0. The Hall–Kier alpha value is -4.87. The van der Waals surface area contributed by atoms with Gasteiger partial charge in [-0.05, 0) is 89.9 Å². The first-order valence-electron chi connectivity index (χ1n) is 13.0. The van der Waals surface area contributed by atoms with E-state index in [2.05, 4.69) is 15.6 Å². The van der Waals surface area contributed by atoms with Crippen molar-refractivity contribution in [3.63, 3.8) is 0 Å². The van der Waals surface area contributed by atoms with Crippen molar-refractivity contribution in [1.82, 2.24) is 10.6 Å². The molecule has 0 saturated heterocycles. The molecule has 12 heteroatoms. The van der Waals surface area contributed by atoms with E-state index in [9.17, 15) is 29.4 Å². The number of rotatable bonds is 4. The number of amides is 3. The molecule has 0 bridgehead atoms. The molecule has 1 aliphatic rings. The predicted molar refractivity (Wildman–Crippen MR) is 153 cm³/mol. The Morgan fingerprint density at radius 2 is 1.57 bits per heavy atom. The standard InChI is InChI=1S/C30H35N3O9/c1-28(2,3)41-26(38)32-25(33-27(39)42-29(4,5)6)31-22(35)15-9-17-8-14-21-20(16-17)23(24(36)37)30(7,40-21)18-10-12-19(34)13-11-18/h8-16,23,34H,1-7H3,(H,36,37)(H2,31,32,33,35,38,39). The molecule has 2 unspecified atom stereocenters. The quantitative estimate of drug-likeness (QED) is 0.224. The highest BCUT2D eigenvalue weighted by atomic mass is 16.6. The third-order valence-corrected chi connectivity index (χ3v) is 5.79. The van der Waals surface area contributed by atoms with Crippen LogP contribution in [0.3, 0.4) is 0 Å². The molecule has 0 saturated carbocycles. The van der Waals surface area contributed by atoms with Gasteiger partial charge in [-0.2, -0.15) is 0 Å². The Bertz CT molecular complexity index is 1430. The molecule has 2 aromatic carbocycles. The second-order valence-corrected chi connectivity index (χ2v) is 11.7. The molecule has 3 amide bonds. The molecule has 4 N–H and O–H groups in total. The number of nitrogens with one attached hydrogen (secondary N) is 2. The van der Waals surface area contributed by atoms with Crippen LogP contribution in [0, 0.1) is 0 Å². The van der Waals surface area contributed by atoms with Gasteiger partial charge in [-0.25, -0.2) is 9.59 Å². The normalized spacial score (nSPS) is 18.5. The largest absolute Gasteiger partial charge is 0.508 e. The summed E-state index contributed by atoms with van der Waals surface area (Å²) < 4.78 is 16.4. The lowest BCUT2D eigenvalue weighted by atomic mass is 9.80. The van der Waals surface area contributed by atoms with E-state index in [1.165, 1.54) is 18.2 Å². The number of ether oxygens (including phenoxy) is 3. The minimum absolute atomic E-state index is 0.0380.